The van der Waals surface area contributed by atoms with E-state index in [0.29, 0.717) is 0 Å². The fourth-order valence-electron chi connectivity index (χ4n) is 3.56. The third-order valence-electron chi connectivity index (χ3n) is 4.68. The van der Waals surface area contributed by atoms with Gasteiger partial charge in [-0.15, -0.1) is 0 Å². The van der Waals surface area contributed by atoms with E-state index in [4.69, 9.17) is 0 Å². The topological polar surface area (TPSA) is 31.6 Å². The zero-order valence-corrected chi connectivity index (χ0v) is 13.0. The van der Waals surface area contributed by atoms with Gasteiger partial charge in [-0.1, -0.05) is 36.4 Å². The average molecular weight is 288 g/mol. The molecular formula is C20H20N2. The van der Waals surface area contributed by atoms with Crippen LogP contribution in [0.1, 0.15) is 22.5 Å². The monoisotopic (exact) mass is 288 g/mol. The van der Waals surface area contributed by atoms with Crippen LogP contribution in [0.4, 0.5) is 0 Å². The Kier molecular flexibility index (Phi) is 3.04. The highest BCUT2D eigenvalue weighted by atomic mass is 14.7. The molecule has 0 spiro atoms. The van der Waals surface area contributed by atoms with E-state index in [0.717, 1.165) is 12.8 Å². The number of hydrogen-bond acceptors (Lipinski definition) is 0. The molecule has 0 saturated heterocycles. The van der Waals surface area contributed by atoms with Crippen LogP contribution in [-0.2, 0) is 12.8 Å². The van der Waals surface area contributed by atoms with Crippen molar-refractivity contribution in [3.05, 3.63) is 71.0 Å². The van der Waals surface area contributed by atoms with Crippen molar-refractivity contribution in [3.63, 3.8) is 0 Å². The molecule has 110 valence electrons. The maximum absolute atomic E-state index is 3.50. The average Bonchev–Trinajstić information content (AvgIpc) is 3.01. The maximum atomic E-state index is 3.50. The summed E-state index contributed by atoms with van der Waals surface area (Å²) in [4.78, 5) is 7.00. The molecule has 2 aromatic heterocycles. The summed E-state index contributed by atoms with van der Waals surface area (Å²) < 4.78 is 0. The number of nitrogens with one attached hydrogen (secondary N) is 2. The number of fused-ring (bicyclic) bond motifs is 2. The van der Waals surface area contributed by atoms with Gasteiger partial charge in [0.1, 0.15) is 0 Å². The van der Waals surface area contributed by atoms with Crippen LogP contribution in [0.3, 0.4) is 0 Å². The van der Waals surface area contributed by atoms with E-state index >= 15 is 0 Å². The molecule has 0 atom stereocenters. The SMILES string of the molecule is Cc1[nH]c2ccccc2c1CCc1c(C)[nH]c2ccccc12. The summed E-state index contributed by atoms with van der Waals surface area (Å²) in [6.07, 6.45) is 2.14. The lowest BCUT2D eigenvalue weighted by Gasteiger charge is -2.03. The number of para-hydroxylation sites is 2. The Balaban J connectivity index is 1.72. The lowest BCUT2D eigenvalue weighted by Crippen LogP contribution is -1.94. The van der Waals surface area contributed by atoms with E-state index in [1.165, 1.54) is 44.3 Å². The second kappa shape index (κ2) is 5.06. The lowest BCUT2D eigenvalue weighted by molar-refractivity contribution is 0.949. The molecule has 0 saturated carbocycles. The predicted octanol–water partition coefficient (Wildman–Crippen LogP) is 5.05. The van der Waals surface area contributed by atoms with Crippen molar-refractivity contribution in [1.29, 1.82) is 0 Å². The van der Waals surface area contributed by atoms with Crippen molar-refractivity contribution < 1.29 is 0 Å². The van der Waals surface area contributed by atoms with Gasteiger partial charge < -0.3 is 9.97 Å². The zero-order chi connectivity index (χ0) is 15.1. The Morgan fingerprint density at radius 1 is 0.636 bits per heavy atom. The van der Waals surface area contributed by atoms with Gasteiger partial charge in [-0.25, -0.2) is 0 Å². The van der Waals surface area contributed by atoms with Gasteiger partial charge in [-0.3, -0.25) is 0 Å². The van der Waals surface area contributed by atoms with E-state index in [1.807, 2.05) is 0 Å². The number of benzene rings is 2. The molecule has 2 nitrogen and oxygen atoms in total. The molecular weight excluding hydrogens is 268 g/mol. The highest BCUT2D eigenvalue weighted by Gasteiger charge is 2.11. The molecule has 0 aliphatic carbocycles. The third-order valence-corrected chi connectivity index (χ3v) is 4.68. The Labute approximate surface area is 130 Å². The molecule has 2 heteroatoms. The van der Waals surface area contributed by atoms with Gasteiger partial charge in [0, 0.05) is 33.2 Å². The minimum Gasteiger partial charge on any atom is -0.358 e. The Bertz CT molecular complexity index is 876. The first kappa shape index (κ1) is 13.2. The Morgan fingerprint density at radius 2 is 1.05 bits per heavy atom. The quantitative estimate of drug-likeness (QED) is 0.528. The van der Waals surface area contributed by atoms with Crippen LogP contribution in [0, 0.1) is 13.8 Å². The summed E-state index contributed by atoms with van der Waals surface area (Å²) in [7, 11) is 0. The van der Waals surface area contributed by atoms with Crippen molar-refractivity contribution in [3.8, 4) is 0 Å². The van der Waals surface area contributed by atoms with Crippen LogP contribution in [0.2, 0.25) is 0 Å². The number of aryl methyl sites for hydroxylation is 4. The third kappa shape index (κ3) is 2.03. The summed E-state index contributed by atoms with van der Waals surface area (Å²) in [5.41, 5.74) is 7.95. The maximum Gasteiger partial charge on any atom is 0.0458 e. The molecule has 4 rings (SSSR count). The molecule has 0 fully saturated rings. The second-order valence-electron chi connectivity index (χ2n) is 6.05. The van der Waals surface area contributed by atoms with Crippen molar-refractivity contribution >= 4 is 21.8 Å². The second-order valence-corrected chi connectivity index (χ2v) is 6.05. The Morgan fingerprint density at radius 3 is 1.50 bits per heavy atom. The fraction of sp³-hybridized carbons (Fsp3) is 0.200. The van der Waals surface area contributed by atoms with E-state index in [2.05, 4.69) is 72.3 Å². The van der Waals surface area contributed by atoms with Crippen molar-refractivity contribution in [2.45, 2.75) is 26.7 Å². The van der Waals surface area contributed by atoms with Crippen LogP contribution in [0.5, 0.6) is 0 Å². The van der Waals surface area contributed by atoms with Gasteiger partial charge in [-0.05, 0) is 49.9 Å². The van der Waals surface area contributed by atoms with Gasteiger partial charge in [0.2, 0.25) is 0 Å². The fourth-order valence-corrected chi connectivity index (χ4v) is 3.56. The smallest absolute Gasteiger partial charge is 0.0458 e. The van der Waals surface area contributed by atoms with Crippen molar-refractivity contribution in [2.24, 2.45) is 0 Å². The van der Waals surface area contributed by atoms with E-state index in [9.17, 15) is 0 Å². The number of H-pyrrole nitrogens is 2. The highest BCUT2D eigenvalue weighted by Crippen LogP contribution is 2.27. The van der Waals surface area contributed by atoms with Crippen LogP contribution in [0.15, 0.2) is 48.5 Å². The van der Waals surface area contributed by atoms with E-state index in [-0.39, 0.29) is 0 Å². The summed E-state index contributed by atoms with van der Waals surface area (Å²) in [5, 5.41) is 2.72. The van der Waals surface area contributed by atoms with E-state index < -0.39 is 0 Å². The first-order valence-electron chi connectivity index (χ1n) is 7.86. The number of aromatic amines is 2. The lowest BCUT2D eigenvalue weighted by atomic mass is 10.00. The summed E-state index contributed by atoms with van der Waals surface area (Å²) in [6, 6.07) is 17.2. The molecule has 0 radical (unpaired) electrons. The first-order valence-corrected chi connectivity index (χ1v) is 7.86. The van der Waals surface area contributed by atoms with E-state index in [1.54, 1.807) is 0 Å². The number of aromatic nitrogens is 2. The standard InChI is InChI=1S/C20H20N2/c1-13-15(17-7-3-5-9-19(17)21-13)11-12-16-14(2)22-20-10-6-4-8-18(16)20/h3-10,21-22H,11-12H2,1-2H3. The molecule has 4 aromatic rings. The molecule has 0 amide bonds. The summed E-state index contributed by atoms with van der Waals surface area (Å²) in [6.45, 7) is 4.36. The van der Waals surface area contributed by atoms with Crippen LogP contribution in [0.25, 0.3) is 21.8 Å². The first-order chi connectivity index (χ1) is 10.7. The Hall–Kier alpha value is -2.48. The summed E-state index contributed by atoms with van der Waals surface area (Å²) >= 11 is 0. The zero-order valence-electron chi connectivity index (χ0n) is 13.0. The van der Waals surface area contributed by atoms with Gasteiger partial charge >= 0.3 is 0 Å². The van der Waals surface area contributed by atoms with Gasteiger partial charge in [0.15, 0.2) is 0 Å². The van der Waals surface area contributed by atoms with Gasteiger partial charge in [-0.2, -0.15) is 0 Å². The van der Waals surface area contributed by atoms with Crippen molar-refractivity contribution in [2.75, 3.05) is 0 Å². The van der Waals surface area contributed by atoms with Gasteiger partial charge in [0.05, 0.1) is 0 Å². The molecule has 22 heavy (non-hydrogen) atoms. The highest BCUT2D eigenvalue weighted by molar-refractivity contribution is 5.86. The van der Waals surface area contributed by atoms with Crippen LogP contribution >= 0.6 is 0 Å². The van der Waals surface area contributed by atoms with Gasteiger partial charge in [0.25, 0.3) is 0 Å². The predicted molar refractivity (Wildman–Crippen MR) is 93.5 cm³/mol. The van der Waals surface area contributed by atoms with Crippen molar-refractivity contribution in [1.82, 2.24) is 9.97 Å². The van der Waals surface area contributed by atoms with Crippen LogP contribution < -0.4 is 0 Å². The molecule has 0 aliphatic heterocycles. The number of hydrogen-bond donors (Lipinski definition) is 2. The van der Waals surface area contributed by atoms with Crippen LogP contribution in [-0.4, -0.2) is 9.97 Å². The molecule has 2 heterocycles. The largest absolute Gasteiger partial charge is 0.358 e. The molecule has 0 aliphatic rings. The molecule has 0 unspecified atom stereocenters. The molecule has 0 bridgehead atoms. The molecule has 2 aromatic carbocycles. The minimum absolute atomic E-state index is 1.07. The number of rotatable bonds is 3. The summed E-state index contributed by atoms with van der Waals surface area (Å²) in [5.74, 6) is 0. The molecule has 2 N–H and O–H groups in total. The minimum atomic E-state index is 1.07. The normalized spacial score (nSPS) is 11.5.